The topological polar surface area (TPSA) is 109 Å². The minimum atomic E-state index is -1.11. The quantitative estimate of drug-likeness (QED) is 0.657. The van der Waals surface area contributed by atoms with E-state index in [0.717, 1.165) is 0 Å². The van der Waals surface area contributed by atoms with Crippen LogP contribution < -0.4 is 11.3 Å². The number of carboxylic acid groups (broad SMARTS) is 1. The molecule has 0 saturated carbocycles. The van der Waals surface area contributed by atoms with Gasteiger partial charge in [-0.25, -0.2) is 4.98 Å². The summed E-state index contributed by atoms with van der Waals surface area (Å²) >= 11 is 0. The number of H-pyrrole nitrogens is 1. The molecule has 0 aliphatic carbocycles. The maximum absolute atomic E-state index is 11.5. The molecule has 4 N–H and O–H groups in total. The van der Waals surface area contributed by atoms with Gasteiger partial charge in [-0.2, -0.15) is 0 Å². The molecule has 15 heavy (non-hydrogen) atoms. The highest BCUT2D eigenvalue weighted by atomic mass is 16.4. The molecular weight excluding hydrogens is 198 g/mol. The van der Waals surface area contributed by atoms with Crippen LogP contribution in [-0.4, -0.2) is 21.0 Å². The van der Waals surface area contributed by atoms with E-state index in [1.54, 1.807) is 0 Å². The molecule has 0 radical (unpaired) electrons. The normalized spacial score (nSPS) is 10.6. The van der Waals surface area contributed by atoms with Crippen LogP contribution in [0.25, 0.3) is 0 Å². The third-order valence-corrected chi connectivity index (χ3v) is 1.94. The molecule has 82 valence electrons. The zero-order valence-electron chi connectivity index (χ0n) is 8.57. The van der Waals surface area contributed by atoms with Gasteiger partial charge in [0.2, 0.25) is 0 Å². The number of carbonyl (C=O) groups is 1. The molecule has 0 fully saturated rings. The minimum Gasteiger partial charge on any atom is -0.481 e. The molecule has 0 saturated heterocycles. The van der Waals surface area contributed by atoms with Crippen LogP contribution in [0.4, 0.5) is 5.82 Å². The number of aromatic nitrogens is 2. The van der Waals surface area contributed by atoms with E-state index < -0.39 is 17.9 Å². The molecule has 0 bridgehead atoms. The number of anilines is 1. The summed E-state index contributed by atoms with van der Waals surface area (Å²) in [6, 6.07) is 0. The van der Waals surface area contributed by atoms with Gasteiger partial charge in [0.15, 0.2) is 0 Å². The Bertz CT molecular complexity index is 437. The van der Waals surface area contributed by atoms with Gasteiger partial charge < -0.3 is 15.8 Å². The van der Waals surface area contributed by atoms with Crippen molar-refractivity contribution in [3.05, 3.63) is 21.7 Å². The number of aliphatic carboxylic acids is 1. The van der Waals surface area contributed by atoms with Crippen LogP contribution >= 0.6 is 0 Å². The Balaban J connectivity index is 3.21. The second kappa shape index (κ2) is 4.12. The predicted octanol–water partition coefficient (Wildman–Crippen LogP) is 0.103. The minimum absolute atomic E-state index is 0.00639. The maximum atomic E-state index is 11.5. The summed E-state index contributed by atoms with van der Waals surface area (Å²) < 4.78 is 0. The van der Waals surface area contributed by atoms with Gasteiger partial charge in [-0.15, -0.1) is 0 Å². The lowest BCUT2D eigenvalue weighted by Crippen LogP contribution is -2.22. The van der Waals surface area contributed by atoms with E-state index in [-0.39, 0.29) is 17.3 Å². The molecular formula is C9H13N3O3. The summed E-state index contributed by atoms with van der Waals surface area (Å²) in [6.45, 7) is 3.71. The number of aromatic amines is 1. The number of nitrogens with one attached hydrogen (secondary N) is 1. The number of hydrogen-bond donors (Lipinski definition) is 3. The summed E-state index contributed by atoms with van der Waals surface area (Å²) in [5, 5.41) is 8.56. The van der Waals surface area contributed by atoms with Gasteiger partial charge in [0, 0.05) is 5.92 Å². The predicted molar refractivity (Wildman–Crippen MR) is 54.7 cm³/mol. The van der Waals surface area contributed by atoms with E-state index in [9.17, 15) is 9.59 Å². The molecule has 0 aliphatic rings. The highest BCUT2D eigenvalue weighted by molar-refractivity contribution is 5.71. The van der Waals surface area contributed by atoms with Crippen molar-refractivity contribution in [2.75, 3.05) is 5.73 Å². The van der Waals surface area contributed by atoms with Gasteiger partial charge in [-0.3, -0.25) is 9.59 Å². The van der Waals surface area contributed by atoms with E-state index >= 15 is 0 Å². The summed E-state index contributed by atoms with van der Waals surface area (Å²) in [5.74, 6) is -0.610. The van der Waals surface area contributed by atoms with Gasteiger partial charge in [-0.1, -0.05) is 13.8 Å². The lowest BCUT2D eigenvalue weighted by atomic mass is 10.2. The van der Waals surface area contributed by atoms with Crippen LogP contribution in [0.5, 0.6) is 0 Å². The van der Waals surface area contributed by atoms with Gasteiger partial charge in [0.1, 0.15) is 11.6 Å². The van der Waals surface area contributed by atoms with Crippen molar-refractivity contribution in [1.29, 1.82) is 0 Å². The van der Waals surface area contributed by atoms with E-state index in [0.29, 0.717) is 5.82 Å². The van der Waals surface area contributed by atoms with Crippen molar-refractivity contribution in [1.82, 2.24) is 9.97 Å². The smallest absolute Gasteiger partial charge is 0.308 e. The zero-order valence-corrected chi connectivity index (χ0v) is 8.57. The van der Waals surface area contributed by atoms with Crippen LogP contribution in [-0.2, 0) is 11.2 Å². The standard InChI is InChI=1S/C9H13N3O3/c1-4(2)8-11-7(10)5(3-6(13)14)9(15)12-8/h4H,3H2,1-2H3,(H,13,14)(H3,10,11,12,15). The van der Waals surface area contributed by atoms with Crippen molar-refractivity contribution >= 4 is 11.8 Å². The lowest BCUT2D eigenvalue weighted by molar-refractivity contribution is -0.136. The van der Waals surface area contributed by atoms with Gasteiger partial charge in [0.25, 0.3) is 5.56 Å². The van der Waals surface area contributed by atoms with E-state index in [1.165, 1.54) is 0 Å². The number of carboxylic acids is 1. The Morgan fingerprint density at radius 1 is 1.60 bits per heavy atom. The van der Waals surface area contributed by atoms with Crippen LogP contribution in [0.15, 0.2) is 4.79 Å². The Morgan fingerprint density at radius 2 is 2.20 bits per heavy atom. The van der Waals surface area contributed by atoms with E-state index in [4.69, 9.17) is 10.8 Å². The van der Waals surface area contributed by atoms with Gasteiger partial charge >= 0.3 is 5.97 Å². The molecule has 6 heteroatoms. The number of rotatable bonds is 3. The number of hydrogen-bond acceptors (Lipinski definition) is 4. The van der Waals surface area contributed by atoms with Crippen molar-refractivity contribution < 1.29 is 9.90 Å². The SMILES string of the molecule is CC(C)c1nc(N)c(CC(=O)O)c(=O)[nH]1. The highest BCUT2D eigenvalue weighted by Crippen LogP contribution is 2.10. The van der Waals surface area contributed by atoms with Crippen LogP contribution in [0.1, 0.15) is 31.2 Å². The van der Waals surface area contributed by atoms with Gasteiger partial charge in [-0.05, 0) is 0 Å². The summed E-state index contributed by atoms with van der Waals surface area (Å²) in [5.41, 5.74) is 5.04. The zero-order chi connectivity index (χ0) is 11.6. The van der Waals surface area contributed by atoms with Crippen LogP contribution in [0, 0.1) is 0 Å². The third kappa shape index (κ3) is 2.55. The second-order valence-corrected chi connectivity index (χ2v) is 3.54. The van der Waals surface area contributed by atoms with E-state index in [2.05, 4.69) is 9.97 Å². The summed E-state index contributed by atoms with van der Waals surface area (Å²) in [4.78, 5) is 28.4. The number of nitrogens with zero attached hydrogens (tertiary/aromatic N) is 1. The third-order valence-electron chi connectivity index (χ3n) is 1.94. The van der Waals surface area contributed by atoms with Crippen molar-refractivity contribution in [3.8, 4) is 0 Å². The Hall–Kier alpha value is -1.85. The molecule has 0 atom stereocenters. The first-order chi connectivity index (χ1) is 6.91. The molecule has 0 aliphatic heterocycles. The van der Waals surface area contributed by atoms with Crippen molar-refractivity contribution in [2.45, 2.75) is 26.2 Å². The molecule has 1 aromatic rings. The largest absolute Gasteiger partial charge is 0.481 e. The lowest BCUT2D eigenvalue weighted by Gasteiger charge is -2.07. The highest BCUT2D eigenvalue weighted by Gasteiger charge is 2.13. The molecule has 1 rings (SSSR count). The monoisotopic (exact) mass is 211 g/mol. The molecule has 6 nitrogen and oxygen atoms in total. The van der Waals surface area contributed by atoms with Crippen LogP contribution in [0.3, 0.4) is 0 Å². The van der Waals surface area contributed by atoms with Crippen LogP contribution in [0.2, 0.25) is 0 Å². The first-order valence-corrected chi connectivity index (χ1v) is 4.52. The Labute approximate surface area is 86.2 Å². The molecule has 1 heterocycles. The molecule has 0 aromatic carbocycles. The fourth-order valence-electron chi connectivity index (χ4n) is 1.13. The average molecular weight is 211 g/mol. The maximum Gasteiger partial charge on any atom is 0.308 e. The fraction of sp³-hybridized carbons (Fsp3) is 0.444. The Morgan fingerprint density at radius 3 is 2.60 bits per heavy atom. The molecule has 0 spiro atoms. The first kappa shape index (κ1) is 11.2. The Kier molecular flexibility index (Phi) is 3.08. The number of nitrogens with two attached hydrogens (primary N) is 1. The van der Waals surface area contributed by atoms with E-state index in [1.807, 2.05) is 13.8 Å². The van der Waals surface area contributed by atoms with Crippen molar-refractivity contribution in [2.24, 2.45) is 0 Å². The van der Waals surface area contributed by atoms with Gasteiger partial charge in [0.05, 0.1) is 12.0 Å². The summed E-state index contributed by atoms with van der Waals surface area (Å²) in [6.07, 6.45) is -0.410. The average Bonchev–Trinajstić information content (AvgIpc) is 2.10. The fourth-order valence-corrected chi connectivity index (χ4v) is 1.13. The second-order valence-electron chi connectivity index (χ2n) is 3.54. The molecule has 0 amide bonds. The summed E-state index contributed by atoms with van der Waals surface area (Å²) in [7, 11) is 0. The van der Waals surface area contributed by atoms with Crippen molar-refractivity contribution in [3.63, 3.8) is 0 Å². The molecule has 0 unspecified atom stereocenters. The first-order valence-electron chi connectivity index (χ1n) is 4.52. The number of nitrogen functional groups attached to an aromatic ring is 1. The molecule has 1 aromatic heterocycles.